The van der Waals surface area contributed by atoms with Crippen LogP contribution in [0.3, 0.4) is 0 Å². The minimum Gasteiger partial charge on any atom is -0.369 e. The van der Waals surface area contributed by atoms with Crippen molar-refractivity contribution in [3.05, 3.63) is 35.3 Å². The van der Waals surface area contributed by atoms with Crippen molar-refractivity contribution in [3.8, 4) is 0 Å². The van der Waals surface area contributed by atoms with Crippen LogP contribution in [0.4, 0.5) is 5.82 Å². The highest BCUT2D eigenvalue weighted by molar-refractivity contribution is 5.49. The number of imidazole rings is 1. The molecule has 1 fully saturated rings. The third kappa shape index (κ3) is 2.52. The quantitative estimate of drug-likeness (QED) is 0.943. The molecule has 5 heteroatoms. The molecule has 1 atom stereocenters. The Hall–Kier alpha value is -1.91. The summed E-state index contributed by atoms with van der Waals surface area (Å²) in [5.74, 6) is 4.75. The SMILES string of the molecule is c1cn2c(n1)CCC(CNc1nc(C3CC3)nc3c1CCC3)C2. The highest BCUT2D eigenvalue weighted by atomic mass is 15.1. The maximum absolute atomic E-state index is 4.88. The van der Waals surface area contributed by atoms with E-state index in [0.29, 0.717) is 11.8 Å². The third-order valence-electron chi connectivity index (χ3n) is 5.48. The van der Waals surface area contributed by atoms with Crippen LogP contribution in [0.2, 0.25) is 0 Å². The summed E-state index contributed by atoms with van der Waals surface area (Å²) in [6, 6.07) is 0. The second kappa shape index (κ2) is 5.32. The summed E-state index contributed by atoms with van der Waals surface area (Å²) in [6.45, 7) is 2.08. The van der Waals surface area contributed by atoms with E-state index in [-0.39, 0.29) is 0 Å². The van der Waals surface area contributed by atoms with Crippen molar-refractivity contribution in [2.75, 3.05) is 11.9 Å². The fourth-order valence-electron chi connectivity index (χ4n) is 3.97. The van der Waals surface area contributed by atoms with Crippen molar-refractivity contribution in [2.45, 2.75) is 57.4 Å². The van der Waals surface area contributed by atoms with E-state index in [1.165, 1.54) is 42.8 Å². The molecule has 1 N–H and O–H groups in total. The number of hydrogen-bond acceptors (Lipinski definition) is 4. The highest BCUT2D eigenvalue weighted by Crippen LogP contribution is 2.40. The second-order valence-electron chi connectivity index (χ2n) is 7.26. The molecule has 0 radical (unpaired) electrons. The van der Waals surface area contributed by atoms with Gasteiger partial charge >= 0.3 is 0 Å². The number of aryl methyl sites for hydroxylation is 2. The number of nitrogens with zero attached hydrogens (tertiary/aromatic N) is 4. The first-order chi connectivity index (χ1) is 11.4. The van der Waals surface area contributed by atoms with Crippen LogP contribution >= 0.6 is 0 Å². The molecule has 2 aromatic heterocycles. The molecule has 3 aliphatic rings. The Kier molecular flexibility index (Phi) is 3.13. The molecular formula is C18H23N5. The molecule has 0 amide bonds. The first kappa shape index (κ1) is 13.5. The normalized spacial score (nSPS) is 22.7. The summed E-state index contributed by atoms with van der Waals surface area (Å²) in [6.07, 6.45) is 12.4. The molecule has 3 heterocycles. The predicted octanol–water partition coefficient (Wildman–Crippen LogP) is 2.71. The lowest BCUT2D eigenvalue weighted by Crippen LogP contribution is -2.26. The average molecular weight is 309 g/mol. The zero-order chi connectivity index (χ0) is 15.2. The fraction of sp³-hybridized carbons (Fsp3) is 0.611. The summed E-state index contributed by atoms with van der Waals surface area (Å²) >= 11 is 0. The topological polar surface area (TPSA) is 55.6 Å². The lowest BCUT2D eigenvalue weighted by Gasteiger charge is -2.24. The fourth-order valence-corrected chi connectivity index (χ4v) is 3.97. The molecule has 5 rings (SSSR count). The molecule has 0 spiro atoms. The summed E-state index contributed by atoms with van der Waals surface area (Å²) in [7, 11) is 0. The Bertz CT molecular complexity index is 731. The van der Waals surface area contributed by atoms with Crippen molar-refractivity contribution in [2.24, 2.45) is 5.92 Å². The first-order valence-corrected chi connectivity index (χ1v) is 9.00. The maximum Gasteiger partial charge on any atom is 0.134 e. The Morgan fingerprint density at radius 3 is 3.00 bits per heavy atom. The van der Waals surface area contributed by atoms with E-state index in [1.807, 2.05) is 6.20 Å². The van der Waals surface area contributed by atoms with E-state index < -0.39 is 0 Å². The number of fused-ring (bicyclic) bond motifs is 2. The minimum absolute atomic E-state index is 0.629. The number of hydrogen-bond donors (Lipinski definition) is 1. The molecule has 1 unspecified atom stereocenters. The van der Waals surface area contributed by atoms with Gasteiger partial charge in [-0.25, -0.2) is 15.0 Å². The van der Waals surface area contributed by atoms with Crippen LogP contribution in [0.1, 0.15) is 54.5 Å². The molecule has 5 nitrogen and oxygen atoms in total. The van der Waals surface area contributed by atoms with E-state index in [1.54, 1.807) is 0 Å². The summed E-state index contributed by atoms with van der Waals surface area (Å²) < 4.78 is 2.30. The van der Waals surface area contributed by atoms with Crippen LogP contribution in [0.5, 0.6) is 0 Å². The molecule has 1 aliphatic heterocycles. The van der Waals surface area contributed by atoms with Crippen LogP contribution in [0.15, 0.2) is 12.4 Å². The Morgan fingerprint density at radius 2 is 2.09 bits per heavy atom. The third-order valence-corrected chi connectivity index (χ3v) is 5.48. The van der Waals surface area contributed by atoms with Gasteiger partial charge < -0.3 is 9.88 Å². The van der Waals surface area contributed by atoms with Gasteiger partial charge in [0.25, 0.3) is 0 Å². The van der Waals surface area contributed by atoms with E-state index in [9.17, 15) is 0 Å². The van der Waals surface area contributed by atoms with Gasteiger partial charge in [-0.1, -0.05) is 0 Å². The molecule has 1 saturated carbocycles. The van der Waals surface area contributed by atoms with Crippen molar-refractivity contribution in [3.63, 3.8) is 0 Å². The van der Waals surface area contributed by atoms with Crippen molar-refractivity contribution < 1.29 is 0 Å². The van der Waals surface area contributed by atoms with Crippen LogP contribution in [-0.4, -0.2) is 26.1 Å². The van der Waals surface area contributed by atoms with E-state index in [4.69, 9.17) is 9.97 Å². The molecule has 0 saturated heterocycles. The van der Waals surface area contributed by atoms with Gasteiger partial charge in [0, 0.05) is 49.1 Å². The lowest BCUT2D eigenvalue weighted by molar-refractivity contribution is 0.381. The van der Waals surface area contributed by atoms with Gasteiger partial charge in [-0.05, 0) is 44.4 Å². The number of nitrogens with one attached hydrogen (secondary N) is 1. The van der Waals surface area contributed by atoms with Crippen LogP contribution < -0.4 is 5.32 Å². The minimum atomic E-state index is 0.629. The smallest absolute Gasteiger partial charge is 0.134 e. The van der Waals surface area contributed by atoms with Gasteiger partial charge in [-0.2, -0.15) is 0 Å². The molecule has 0 aromatic carbocycles. The number of anilines is 1. The van der Waals surface area contributed by atoms with Gasteiger partial charge in [-0.3, -0.25) is 0 Å². The number of aromatic nitrogens is 4. The largest absolute Gasteiger partial charge is 0.369 e. The Morgan fingerprint density at radius 1 is 1.13 bits per heavy atom. The predicted molar refractivity (Wildman–Crippen MR) is 88.6 cm³/mol. The van der Waals surface area contributed by atoms with E-state index in [2.05, 4.69) is 21.1 Å². The molecule has 0 bridgehead atoms. The van der Waals surface area contributed by atoms with Gasteiger partial charge in [-0.15, -0.1) is 0 Å². The molecule has 120 valence electrons. The average Bonchev–Trinajstić information content (AvgIpc) is 3.13. The highest BCUT2D eigenvalue weighted by Gasteiger charge is 2.30. The van der Waals surface area contributed by atoms with Crippen molar-refractivity contribution in [1.29, 1.82) is 0 Å². The van der Waals surface area contributed by atoms with Gasteiger partial charge in [0.1, 0.15) is 17.5 Å². The molecule has 2 aliphatic carbocycles. The first-order valence-electron chi connectivity index (χ1n) is 9.00. The summed E-state index contributed by atoms with van der Waals surface area (Å²) in [5, 5.41) is 3.68. The van der Waals surface area contributed by atoms with Crippen molar-refractivity contribution in [1.82, 2.24) is 19.5 Å². The van der Waals surface area contributed by atoms with Crippen LogP contribution in [-0.2, 0) is 25.8 Å². The Labute approximate surface area is 136 Å². The van der Waals surface area contributed by atoms with Gasteiger partial charge in [0.2, 0.25) is 0 Å². The van der Waals surface area contributed by atoms with Gasteiger partial charge in [0.15, 0.2) is 0 Å². The second-order valence-corrected chi connectivity index (χ2v) is 7.26. The summed E-state index contributed by atoms with van der Waals surface area (Å²) in [5.41, 5.74) is 2.69. The zero-order valence-corrected chi connectivity index (χ0v) is 13.5. The maximum atomic E-state index is 4.88. The standard InChI is InChI=1S/C18H23N5/c1-2-14-15(3-1)21-17(13-5-6-13)22-18(14)20-10-12-4-7-16-19-8-9-23(16)11-12/h8-9,12-13H,1-7,10-11H2,(H,20,21,22). The van der Waals surface area contributed by atoms with Crippen LogP contribution in [0, 0.1) is 5.92 Å². The molecule has 2 aromatic rings. The molecule has 23 heavy (non-hydrogen) atoms. The lowest BCUT2D eigenvalue weighted by atomic mass is 9.99. The molecular weight excluding hydrogens is 286 g/mol. The van der Waals surface area contributed by atoms with Gasteiger partial charge in [0.05, 0.1) is 0 Å². The van der Waals surface area contributed by atoms with Crippen LogP contribution in [0.25, 0.3) is 0 Å². The summed E-state index contributed by atoms with van der Waals surface area (Å²) in [4.78, 5) is 14.1. The Balaban J connectivity index is 1.33. The monoisotopic (exact) mass is 309 g/mol. The zero-order valence-electron chi connectivity index (χ0n) is 13.5. The number of rotatable bonds is 4. The van der Waals surface area contributed by atoms with E-state index in [0.717, 1.165) is 44.0 Å². The van der Waals surface area contributed by atoms with E-state index >= 15 is 0 Å². The van der Waals surface area contributed by atoms with Crippen molar-refractivity contribution >= 4 is 5.82 Å².